The lowest BCUT2D eigenvalue weighted by atomic mass is 10.3. The molecule has 18 heavy (non-hydrogen) atoms. The number of rotatable bonds is 5. The zero-order valence-electron chi connectivity index (χ0n) is 10.0. The number of hydrogen-bond acceptors (Lipinski definition) is 3. The summed E-state index contributed by atoms with van der Waals surface area (Å²) in [6.45, 7) is 1.91. The number of hydrogen-bond donors (Lipinski definition) is 1. The molecule has 5 heteroatoms. The van der Waals surface area contributed by atoms with Crippen molar-refractivity contribution in [2.24, 2.45) is 5.92 Å². The van der Waals surface area contributed by atoms with E-state index in [1.807, 2.05) is 10.9 Å². The van der Waals surface area contributed by atoms with Gasteiger partial charge >= 0.3 is 0 Å². The summed E-state index contributed by atoms with van der Waals surface area (Å²) in [5, 5.41) is 11.8. The molecule has 3 rings (SSSR count). The second-order valence-corrected chi connectivity index (χ2v) is 5.95. The average Bonchev–Trinajstić information content (AvgIpc) is 3.08. The van der Waals surface area contributed by atoms with Gasteiger partial charge in [-0.05, 0) is 72.2 Å². The molecule has 1 N–H and O–H groups in total. The predicted octanol–water partition coefficient (Wildman–Crippen LogP) is 2.37. The van der Waals surface area contributed by atoms with Crippen LogP contribution in [0, 0.1) is 9.49 Å². The summed E-state index contributed by atoms with van der Waals surface area (Å²) in [5.74, 6) is 0.899. The first-order valence-electron chi connectivity index (χ1n) is 6.19. The van der Waals surface area contributed by atoms with E-state index in [1.54, 1.807) is 0 Å². The topological polar surface area (TPSA) is 42.7 Å². The molecule has 0 saturated heterocycles. The first kappa shape index (κ1) is 12.1. The highest BCUT2D eigenvalue weighted by Crippen LogP contribution is 2.27. The lowest BCUT2D eigenvalue weighted by Gasteiger charge is -2.00. The second kappa shape index (κ2) is 5.36. The molecule has 1 saturated carbocycles. The van der Waals surface area contributed by atoms with Gasteiger partial charge < -0.3 is 5.32 Å². The number of halogens is 1. The molecule has 0 bridgehead atoms. The van der Waals surface area contributed by atoms with E-state index in [9.17, 15) is 0 Å². The van der Waals surface area contributed by atoms with E-state index in [0.717, 1.165) is 30.4 Å². The minimum atomic E-state index is 0.806. The maximum absolute atomic E-state index is 4.18. The Labute approximate surface area is 120 Å². The van der Waals surface area contributed by atoms with Crippen LogP contribution in [0.3, 0.4) is 0 Å². The van der Waals surface area contributed by atoms with Gasteiger partial charge in [-0.25, -0.2) is 4.68 Å². The van der Waals surface area contributed by atoms with Gasteiger partial charge in [0.25, 0.3) is 0 Å². The molecule has 1 aromatic heterocycles. The number of benzene rings is 1. The Morgan fingerprint density at radius 3 is 2.78 bits per heavy atom. The van der Waals surface area contributed by atoms with Gasteiger partial charge in [-0.2, -0.15) is 0 Å². The zero-order valence-corrected chi connectivity index (χ0v) is 12.2. The fraction of sp³-hybridized carbons (Fsp3) is 0.385. The van der Waals surface area contributed by atoms with Crippen molar-refractivity contribution >= 4 is 22.6 Å². The maximum Gasteiger partial charge on any atom is 0.0969 e. The fourth-order valence-electron chi connectivity index (χ4n) is 1.83. The fourth-order valence-corrected chi connectivity index (χ4v) is 2.19. The van der Waals surface area contributed by atoms with Gasteiger partial charge in [-0.3, -0.25) is 0 Å². The molecule has 1 fully saturated rings. The third kappa shape index (κ3) is 3.08. The summed E-state index contributed by atoms with van der Waals surface area (Å²) in [5.41, 5.74) is 2.05. The Morgan fingerprint density at radius 1 is 1.28 bits per heavy atom. The molecule has 1 heterocycles. The maximum atomic E-state index is 4.18. The van der Waals surface area contributed by atoms with Crippen molar-refractivity contribution in [3.05, 3.63) is 39.7 Å². The van der Waals surface area contributed by atoms with E-state index in [-0.39, 0.29) is 0 Å². The van der Waals surface area contributed by atoms with Gasteiger partial charge in [0.15, 0.2) is 0 Å². The molecule has 4 nitrogen and oxygen atoms in total. The average molecular weight is 354 g/mol. The molecule has 0 aliphatic heterocycles. The third-order valence-corrected chi connectivity index (χ3v) is 3.79. The molecule has 2 aromatic rings. The first-order chi connectivity index (χ1) is 8.81. The van der Waals surface area contributed by atoms with Gasteiger partial charge in [-0.1, -0.05) is 5.21 Å². The van der Waals surface area contributed by atoms with Crippen molar-refractivity contribution in [2.45, 2.75) is 19.4 Å². The van der Waals surface area contributed by atoms with E-state index in [0.29, 0.717) is 0 Å². The van der Waals surface area contributed by atoms with Crippen LogP contribution < -0.4 is 5.32 Å². The molecule has 0 unspecified atom stereocenters. The van der Waals surface area contributed by atoms with Crippen molar-refractivity contribution < 1.29 is 0 Å². The van der Waals surface area contributed by atoms with E-state index in [4.69, 9.17) is 0 Å². The van der Waals surface area contributed by atoms with Crippen LogP contribution in [-0.4, -0.2) is 21.5 Å². The van der Waals surface area contributed by atoms with E-state index in [1.165, 1.54) is 16.4 Å². The third-order valence-electron chi connectivity index (χ3n) is 3.07. The molecule has 0 atom stereocenters. The molecule has 1 aliphatic carbocycles. The molecular formula is C13H15IN4. The normalized spacial score (nSPS) is 14.9. The Hall–Kier alpha value is -0.950. The van der Waals surface area contributed by atoms with Crippen LogP contribution >= 0.6 is 22.6 Å². The summed E-state index contributed by atoms with van der Waals surface area (Å²) < 4.78 is 3.05. The molecule has 0 radical (unpaired) electrons. The minimum Gasteiger partial charge on any atom is -0.311 e. The highest BCUT2D eigenvalue weighted by atomic mass is 127. The molecule has 1 aliphatic rings. The Balaban J connectivity index is 1.62. The van der Waals surface area contributed by atoms with Gasteiger partial charge in [0.2, 0.25) is 0 Å². The number of nitrogens with zero attached hydrogens (tertiary/aromatic N) is 3. The van der Waals surface area contributed by atoms with E-state index < -0.39 is 0 Å². The van der Waals surface area contributed by atoms with Crippen LogP contribution in [0.2, 0.25) is 0 Å². The first-order valence-corrected chi connectivity index (χ1v) is 7.27. The van der Waals surface area contributed by atoms with Crippen LogP contribution in [0.1, 0.15) is 18.5 Å². The highest BCUT2D eigenvalue weighted by Gasteiger charge is 2.20. The van der Waals surface area contributed by atoms with Gasteiger partial charge in [0.05, 0.1) is 17.6 Å². The summed E-state index contributed by atoms with van der Waals surface area (Å²) in [6.07, 6.45) is 4.74. The predicted molar refractivity (Wildman–Crippen MR) is 78.5 cm³/mol. The Bertz CT molecular complexity index is 516. The lowest BCUT2D eigenvalue weighted by Crippen LogP contribution is -2.16. The zero-order chi connectivity index (χ0) is 12.4. The van der Waals surface area contributed by atoms with Crippen LogP contribution in [0.15, 0.2) is 30.5 Å². The molecular weight excluding hydrogens is 339 g/mol. The largest absolute Gasteiger partial charge is 0.311 e. The summed E-state index contributed by atoms with van der Waals surface area (Å²) >= 11 is 2.30. The van der Waals surface area contributed by atoms with Crippen molar-refractivity contribution in [3.63, 3.8) is 0 Å². The second-order valence-electron chi connectivity index (χ2n) is 4.71. The van der Waals surface area contributed by atoms with Crippen LogP contribution in [0.5, 0.6) is 0 Å². The Morgan fingerprint density at radius 2 is 2.06 bits per heavy atom. The molecule has 1 aromatic carbocycles. The van der Waals surface area contributed by atoms with Gasteiger partial charge in [0.1, 0.15) is 0 Å². The standard InChI is InChI=1S/C13H15IN4/c14-11-3-5-13(6-4-11)18-9-12(16-17-18)8-15-7-10-1-2-10/h3-6,9-10,15H,1-2,7-8H2. The van der Waals surface area contributed by atoms with E-state index >= 15 is 0 Å². The van der Waals surface area contributed by atoms with Crippen LogP contribution in [-0.2, 0) is 6.54 Å². The lowest BCUT2D eigenvalue weighted by molar-refractivity contribution is 0.628. The quantitative estimate of drug-likeness (QED) is 0.839. The molecule has 0 spiro atoms. The summed E-state index contributed by atoms with van der Waals surface area (Å²) in [7, 11) is 0. The van der Waals surface area contributed by atoms with Gasteiger partial charge in [0, 0.05) is 10.1 Å². The van der Waals surface area contributed by atoms with Crippen molar-refractivity contribution in [1.29, 1.82) is 0 Å². The van der Waals surface area contributed by atoms with Crippen molar-refractivity contribution in [3.8, 4) is 5.69 Å². The number of aromatic nitrogens is 3. The smallest absolute Gasteiger partial charge is 0.0969 e. The van der Waals surface area contributed by atoms with Gasteiger partial charge in [-0.15, -0.1) is 5.10 Å². The minimum absolute atomic E-state index is 0.806. The monoisotopic (exact) mass is 354 g/mol. The van der Waals surface area contributed by atoms with Crippen molar-refractivity contribution in [1.82, 2.24) is 20.3 Å². The summed E-state index contributed by atoms with van der Waals surface area (Å²) in [6, 6.07) is 8.25. The van der Waals surface area contributed by atoms with Crippen LogP contribution in [0.4, 0.5) is 0 Å². The SMILES string of the molecule is Ic1ccc(-n2cc(CNCC3CC3)nn2)cc1. The molecule has 0 amide bonds. The summed E-state index contributed by atoms with van der Waals surface area (Å²) in [4.78, 5) is 0. The molecule has 94 valence electrons. The van der Waals surface area contributed by atoms with Crippen LogP contribution in [0.25, 0.3) is 5.69 Å². The number of nitrogens with one attached hydrogen (secondary N) is 1. The Kier molecular flexibility index (Phi) is 3.60. The van der Waals surface area contributed by atoms with E-state index in [2.05, 4.69) is 62.5 Å². The van der Waals surface area contributed by atoms with Crippen molar-refractivity contribution in [2.75, 3.05) is 6.54 Å². The highest BCUT2D eigenvalue weighted by molar-refractivity contribution is 14.1.